The first-order valence-electron chi connectivity index (χ1n) is 3.27. The van der Waals surface area contributed by atoms with Gasteiger partial charge in [0.15, 0.2) is 4.17 Å². The molecule has 0 radical (unpaired) electrons. The van der Waals surface area contributed by atoms with Gasteiger partial charge in [0.1, 0.15) is 0 Å². The lowest BCUT2D eigenvalue weighted by molar-refractivity contribution is 0.537. The monoisotopic (exact) mass is 291 g/mol. The van der Waals surface area contributed by atoms with Crippen LogP contribution in [0.5, 0.6) is 0 Å². The Balaban J connectivity index is 0.000000292. The third kappa shape index (κ3) is 7.91. The topological polar surface area (TPSA) is 40.1 Å². The molecule has 0 fully saturated rings. The van der Waals surface area contributed by atoms with Crippen LogP contribution in [0, 0.1) is 0 Å². The predicted molar refractivity (Wildman–Crippen MR) is 62.6 cm³/mol. The van der Waals surface area contributed by atoms with Gasteiger partial charge in [0.25, 0.3) is 0 Å². The molecule has 0 bridgehead atoms. The van der Waals surface area contributed by atoms with E-state index < -0.39 is 15.2 Å². The standard InChI is InChI=1S/C6H6O2S.CHCl3S/c7-9(8)6-4-2-1-3-5-6;2-1(3)5-4/h1-5H,(H,7,8);1H/p-1. The van der Waals surface area contributed by atoms with Gasteiger partial charge in [-0.05, 0) is 44.9 Å². The van der Waals surface area contributed by atoms with Crippen LogP contribution in [0.25, 0.3) is 0 Å². The summed E-state index contributed by atoms with van der Waals surface area (Å²) in [5.74, 6) is 0. The second-order valence-electron chi connectivity index (χ2n) is 1.90. The fraction of sp³-hybridized carbons (Fsp3) is 0.143. The smallest absolute Gasteiger partial charge is 0.167 e. The van der Waals surface area contributed by atoms with E-state index in [2.05, 4.69) is 0 Å². The summed E-state index contributed by atoms with van der Waals surface area (Å²) in [4.78, 5) is 0.331. The number of benzene rings is 1. The second kappa shape index (κ2) is 8.83. The van der Waals surface area contributed by atoms with Crippen molar-refractivity contribution >= 4 is 55.9 Å². The van der Waals surface area contributed by atoms with E-state index in [1.807, 2.05) is 0 Å². The summed E-state index contributed by atoms with van der Waals surface area (Å²) < 4.78 is 19.9. The molecule has 0 N–H and O–H groups in total. The molecule has 0 spiro atoms. The van der Waals surface area contributed by atoms with Gasteiger partial charge in [-0.2, -0.15) is 0 Å². The maximum Gasteiger partial charge on any atom is 0.167 e. The number of alkyl halides is 2. The lowest BCUT2D eigenvalue weighted by Crippen LogP contribution is -1.85. The minimum Gasteiger partial charge on any atom is -0.768 e. The number of halogens is 3. The molecule has 1 aromatic rings. The first kappa shape index (κ1) is 14.6. The third-order valence-electron chi connectivity index (χ3n) is 1.00. The Morgan fingerprint density at radius 3 is 1.93 bits per heavy atom. The van der Waals surface area contributed by atoms with Crippen LogP contribution in [-0.4, -0.2) is 12.9 Å². The Morgan fingerprint density at radius 1 is 1.29 bits per heavy atom. The molecule has 0 heterocycles. The van der Waals surface area contributed by atoms with Gasteiger partial charge < -0.3 is 4.55 Å². The van der Waals surface area contributed by atoms with Gasteiger partial charge in [-0.1, -0.05) is 41.4 Å². The molecule has 1 rings (SSSR count). The van der Waals surface area contributed by atoms with Crippen LogP contribution in [0.1, 0.15) is 0 Å². The van der Waals surface area contributed by atoms with Crippen LogP contribution in [0.15, 0.2) is 35.2 Å². The predicted octanol–water partition coefficient (Wildman–Crippen LogP) is 3.56. The molecule has 0 amide bonds. The molecule has 7 heteroatoms. The zero-order valence-corrected chi connectivity index (χ0v) is 10.6. The highest BCUT2D eigenvalue weighted by atomic mass is 35.7. The van der Waals surface area contributed by atoms with Crippen LogP contribution < -0.4 is 0 Å². The summed E-state index contributed by atoms with van der Waals surface area (Å²) in [7, 11) is 5.87. The zero-order chi connectivity index (χ0) is 11.0. The van der Waals surface area contributed by atoms with Gasteiger partial charge in [-0.25, -0.2) is 0 Å². The van der Waals surface area contributed by atoms with E-state index in [9.17, 15) is 8.76 Å². The minimum atomic E-state index is -2.08. The summed E-state index contributed by atoms with van der Waals surface area (Å²) >= 11 is 8.04. The van der Waals surface area contributed by atoms with E-state index in [1.54, 1.807) is 30.3 Å². The molecule has 2 nitrogen and oxygen atoms in total. The molecule has 1 unspecified atom stereocenters. The van der Waals surface area contributed by atoms with Crippen molar-refractivity contribution in [2.24, 2.45) is 0 Å². The number of hydrogen-bond acceptors (Lipinski definition) is 3. The van der Waals surface area contributed by atoms with E-state index >= 15 is 0 Å². The van der Waals surface area contributed by atoms with Crippen LogP contribution in [0.4, 0.5) is 0 Å². The fourth-order valence-corrected chi connectivity index (χ4v) is 0.911. The molecule has 80 valence electrons. The molecule has 0 aliphatic carbocycles. The molecule has 1 aromatic carbocycles. The van der Waals surface area contributed by atoms with Crippen LogP contribution >= 0.6 is 44.9 Å². The molecule has 1 atom stereocenters. The highest BCUT2D eigenvalue weighted by Gasteiger charge is 1.89. The minimum absolute atomic E-state index is 0.331. The lowest BCUT2D eigenvalue weighted by Gasteiger charge is -2.01. The molecule has 0 aliphatic rings. The summed E-state index contributed by atoms with van der Waals surface area (Å²) in [6, 6.07) is 8.23. The van der Waals surface area contributed by atoms with E-state index in [-0.39, 0.29) is 0 Å². The summed E-state index contributed by atoms with van der Waals surface area (Å²) in [5.41, 5.74) is 0. The fourth-order valence-electron chi connectivity index (χ4n) is 0.532. The molecule has 0 aliphatic heterocycles. The Kier molecular flexibility index (Phi) is 9.17. The highest BCUT2D eigenvalue weighted by Crippen LogP contribution is 2.21. The van der Waals surface area contributed by atoms with Crippen LogP contribution in [-0.2, 0) is 11.1 Å². The van der Waals surface area contributed by atoms with Gasteiger partial charge in [0.2, 0.25) is 0 Å². The summed E-state index contributed by atoms with van der Waals surface area (Å²) in [5, 5.41) is 0. The van der Waals surface area contributed by atoms with Crippen molar-refractivity contribution in [3.05, 3.63) is 30.3 Å². The third-order valence-corrected chi connectivity index (χ3v) is 3.41. The largest absolute Gasteiger partial charge is 0.768 e. The first-order chi connectivity index (χ1) is 6.57. The van der Waals surface area contributed by atoms with Crippen molar-refractivity contribution < 1.29 is 8.76 Å². The average Bonchev–Trinajstić information content (AvgIpc) is 2.20. The van der Waals surface area contributed by atoms with Crippen molar-refractivity contribution in [2.45, 2.75) is 9.06 Å². The Bertz CT molecular complexity index is 269. The normalized spacial score (nSPS) is 11.8. The SMILES string of the molecule is ClSC(Cl)Cl.O=S([O-])c1ccccc1. The second-order valence-corrected chi connectivity index (χ2v) is 5.64. The van der Waals surface area contributed by atoms with Gasteiger partial charge in [0, 0.05) is 4.90 Å². The van der Waals surface area contributed by atoms with Gasteiger partial charge in [0.05, 0.1) is 0 Å². The molecular formula is C7H6Cl3O2S2-. The maximum atomic E-state index is 10.2. The number of hydrogen-bond donors (Lipinski definition) is 0. The molecule has 0 saturated carbocycles. The average molecular weight is 293 g/mol. The lowest BCUT2D eigenvalue weighted by atomic mass is 10.4. The van der Waals surface area contributed by atoms with Crippen molar-refractivity contribution in [3.63, 3.8) is 0 Å². The van der Waals surface area contributed by atoms with Crippen LogP contribution in [0.3, 0.4) is 0 Å². The quantitative estimate of drug-likeness (QED) is 0.618. The maximum absolute atomic E-state index is 10.2. The van der Waals surface area contributed by atoms with E-state index in [1.165, 1.54) is 0 Å². The van der Waals surface area contributed by atoms with Gasteiger partial charge in [-0.3, -0.25) is 4.21 Å². The molecule has 14 heavy (non-hydrogen) atoms. The van der Waals surface area contributed by atoms with E-state index in [0.29, 0.717) is 4.90 Å². The van der Waals surface area contributed by atoms with Gasteiger partial charge in [-0.15, -0.1) is 0 Å². The Hall–Kier alpha value is 0.550. The Morgan fingerprint density at radius 2 is 1.71 bits per heavy atom. The van der Waals surface area contributed by atoms with Crippen molar-refractivity contribution in [3.8, 4) is 0 Å². The zero-order valence-electron chi connectivity index (χ0n) is 6.73. The molecular weight excluding hydrogens is 287 g/mol. The summed E-state index contributed by atoms with van der Waals surface area (Å²) in [6.45, 7) is 0. The van der Waals surface area contributed by atoms with Crippen LogP contribution in [0.2, 0.25) is 0 Å². The van der Waals surface area contributed by atoms with Crippen molar-refractivity contribution in [1.82, 2.24) is 0 Å². The molecule has 0 saturated heterocycles. The Labute approximate surface area is 104 Å². The highest BCUT2D eigenvalue weighted by molar-refractivity contribution is 8.23. The van der Waals surface area contributed by atoms with E-state index in [0.717, 1.165) is 11.0 Å². The first-order valence-corrected chi connectivity index (χ1v) is 6.93. The summed E-state index contributed by atoms with van der Waals surface area (Å²) in [6.07, 6.45) is 0. The van der Waals surface area contributed by atoms with E-state index in [4.69, 9.17) is 33.9 Å². The number of rotatable bonds is 2. The van der Waals surface area contributed by atoms with Crippen molar-refractivity contribution in [1.29, 1.82) is 0 Å². The molecule has 0 aromatic heterocycles. The van der Waals surface area contributed by atoms with Crippen molar-refractivity contribution in [2.75, 3.05) is 0 Å². The van der Waals surface area contributed by atoms with Gasteiger partial charge >= 0.3 is 0 Å².